The van der Waals surface area contributed by atoms with Gasteiger partial charge in [0.2, 0.25) is 5.89 Å². The minimum Gasteiger partial charge on any atom is -0.440 e. The molecule has 0 spiro atoms. The van der Waals surface area contributed by atoms with E-state index in [1.165, 1.54) is 5.56 Å². The van der Waals surface area contributed by atoms with E-state index in [4.69, 9.17) is 4.42 Å². The van der Waals surface area contributed by atoms with Gasteiger partial charge in [0, 0.05) is 18.0 Å². The molecule has 0 N–H and O–H groups in total. The third kappa shape index (κ3) is 3.77. The first-order valence-corrected chi connectivity index (χ1v) is 10.2. The molecule has 0 saturated carbocycles. The number of aromatic nitrogens is 5. The number of pyridine rings is 1. The number of thioether (sulfide) groups is 1. The molecule has 0 bridgehead atoms. The highest BCUT2D eigenvalue weighted by Crippen LogP contribution is 2.28. The first-order valence-electron chi connectivity index (χ1n) is 9.21. The van der Waals surface area contributed by atoms with Gasteiger partial charge in [-0.25, -0.2) is 4.98 Å². The van der Waals surface area contributed by atoms with Crippen molar-refractivity contribution < 1.29 is 4.42 Å². The van der Waals surface area contributed by atoms with Crippen LogP contribution in [0.25, 0.3) is 22.5 Å². The molecular weight excluding hydrogens is 382 g/mol. The van der Waals surface area contributed by atoms with E-state index in [1.54, 1.807) is 24.2 Å². The Morgan fingerprint density at radius 2 is 1.76 bits per heavy atom. The molecule has 0 saturated heterocycles. The minimum atomic E-state index is 0.578. The number of hydrogen-bond acceptors (Lipinski definition) is 6. The Hall–Kier alpha value is -3.45. The molecule has 2 aromatic carbocycles. The van der Waals surface area contributed by atoms with Gasteiger partial charge in [-0.3, -0.25) is 9.55 Å². The molecular formula is C22H17N5OS. The topological polar surface area (TPSA) is 69.6 Å². The summed E-state index contributed by atoms with van der Waals surface area (Å²) in [6, 6.07) is 22.0. The maximum absolute atomic E-state index is 5.84. The number of oxazole rings is 1. The maximum atomic E-state index is 5.84. The van der Waals surface area contributed by atoms with Crippen LogP contribution in [0.5, 0.6) is 0 Å². The molecule has 7 heteroatoms. The fraction of sp³-hybridized carbons (Fsp3) is 0.0909. The predicted molar refractivity (Wildman–Crippen MR) is 112 cm³/mol. The summed E-state index contributed by atoms with van der Waals surface area (Å²) in [5.41, 5.74) is 3.78. The van der Waals surface area contributed by atoms with Gasteiger partial charge in [0.1, 0.15) is 5.52 Å². The molecule has 5 aromatic rings. The van der Waals surface area contributed by atoms with Crippen LogP contribution in [0.15, 0.2) is 88.7 Å². The van der Waals surface area contributed by atoms with Gasteiger partial charge in [-0.15, -0.1) is 10.2 Å². The Bertz CT molecular complexity index is 1200. The van der Waals surface area contributed by atoms with Crippen LogP contribution in [-0.2, 0) is 12.3 Å². The zero-order valence-corrected chi connectivity index (χ0v) is 16.3. The predicted octanol–water partition coefficient (Wildman–Crippen LogP) is 4.82. The van der Waals surface area contributed by atoms with Gasteiger partial charge in [0.25, 0.3) is 0 Å². The van der Waals surface area contributed by atoms with Crippen molar-refractivity contribution in [2.24, 2.45) is 0 Å². The Balaban J connectivity index is 1.46. The van der Waals surface area contributed by atoms with Crippen molar-refractivity contribution in [3.8, 4) is 11.4 Å². The summed E-state index contributed by atoms with van der Waals surface area (Å²) >= 11 is 1.56. The monoisotopic (exact) mass is 399 g/mol. The zero-order chi connectivity index (χ0) is 19.5. The third-order valence-corrected chi connectivity index (χ3v) is 5.43. The summed E-state index contributed by atoms with van der Waals surface area (Å²) in [4.78, 5) is 8.77. The summed E-state index contributed by atoms with van der Waals surface area (Å²) in [6.07, 6.45) is 3.56. The Morgan fingerprint density at radius 3 is 2.59 bits per heavy atom. The molecule has 5 rings (SSSR count). The molecule has 0 fully saturated rings. The molecule has 0 amide bonds. The number of para-hydroxylation sites is 2. The maximum Gasteiger partial charge on any atom is 0.205 e. The van der Waals surface area contributed by atoms with Crippen molar-refractivity contribution in [2.45, 2.75) is 17.5 Å². The molecule has 29 heavy (non-hydrogen) atoms. The summed E-state index contributed by atoms with van der Waals surface area (Å²) in [7, 11) is 0. The van der Waals surface area contributed by atoms with Gasteiger partial charge in [0.05, 0.1) is 12.3 Å². The van der Waals surface area contributed by atoms with Crippen LogP contribution in [0.2, 0.25) is 0 Å². The van der Waals surface area contributed by atoms with Gasteiger partial charge in [-0.1, -0.05) is 54.2 Å². The van der Waals surface area contributed by atoms with E-state index >= 15 is 0 Å². The van der Waals surface area contributed by atoms with E-state index in [2.05, 4.69) is 36.9 Å². The molecule has 0 aliphatic heterocycles. The van der Waals surface area contributed by atoms with Gasteiger partial charge >= 0.3 is 0 Å². The number of nitrogens with zero attached hydrogens (tertiary/aromatic N) is 5. The second kappa shape index (κ2) is 7.89. The molecule has 6 nitrogen and oxygen atoms in total. The van der Waals surface area contributed by atoms with Crippen molar-refractivity contribution in [2.75, 3.05) is 0 Å². The van der Waals surface area contributed by atoms with Gasteiger partial charge in [-0.2, -0.15) is 0 Å². The highest BCUT2D eigenvalue weighted by molar-refractivity contribution is 7.98. The molecule has 0 aliphatic rings. The van der Waals surface area contributed by atoms with Crippen LogP contribution in [0, 0.1) is 0 Å². The van der Waals surface area contributed by atoms with Crippen LogP contribution in [0.1, 0.15) is 11.5 Å². The van der Waals surface area contributed by atoms with E-state index in [0.717, 1.165) is 27.6 Å². The highest BCUT2D eigenvalue weighted by atomic mass is 32.2. The first-order chi connectivity index (χ1) is 14.4. The van der Waals surface area contributed by atoms with Crippen LogP contribution in [0.3, 0.4) is 0 Å². The van der Waals surface area contributed by atoms with E-state index in [9.17, 15) is 0 Å². The van der Waals surface area contributed by atoms with Crippen molar-refractivity contribution in [1.82, 2.24) is 24.7 Å². The molecule has 0 unspecified atom stereocenters. The highest BCUT2D eigenvalue weighted by Gasteiger charge is 2.16. The molecule has 0 aliphatic carbocycles. The lowest BCUT2D eigenvalue weighted by atomic mass is 10.2. The lowest BCUT2D eigenvalue weighted by molar-refractivity contribution is 0.555. The van der Waals surface area contributed by atoms with Gasteiger partial charge < -0.3 is 4.42 Å². The quantitative estimate of drug-likeness (QED) is 0.381. The fourth-order valence-corrected chi connectivity index (χ4v) is 3.90. The molecule has 0 atom stereocenters. The van der Waals surface area contributed by atoms with E-state index in [-0.39, 0.29) is 0 Å². The van der Waals surface area contributed by atoms with Crippen molar-refractivity contribution in [3.05, 3.63) is 90.6 Å². The fourth-order valence-electron chi connectivity index (χ4n) is 3.12. The summed E-state index contributed by atoms with van der Waals surface area (Å²) < 4.78 is 7.95. The molecule has 142 valence electrons. The number of benzene rings is 2. The second-order valence-corrected chi connectivity index (χ2v) is 7.43. The summed E-state index contributed by atoms with van der Waals surface area (Å²) in [5.74, 6) is 2.05. The Morgan fingerprint density at radius 1 is 0.897 bits per heavy atom. The third-order valence-electron chi connectivity index (χ3n) is 4.48. The zero-order valence-electron chi connectivity index (χ0n) is 15.5. The average molecular weight is 399 g/mol. The smallest absolute Gasteiger partial charge is 0.205 e. The van der Waals surface area contributed by atoms with Crippen molar-refractivity contribution in [1.29, 1.82) is 0 Å². The largest absolute Gasteiger partial charge is 0.440 e. The summed E-state index contributed by atoms with van der Waals surface area (Å²) in [5, 5.41) is 9.69. The molecule has 0 radical (unpaired) electrons. The summed E-state index contributed by atoms with van der Waals surface area (Å²) in [6.45, 7) is 0.675. The second-order valence-electron chi connectivity index (χ2n) is 6.48. The van der Waals surface area contributed by atoms with Gasteiger partial charge in [0.15, 0.2) is 16.6 Å². The SMILES string of the molecule is c1ccc(Cn2c(SCc3nc4ccccc4o3)nnc2-c2cccnc2)cc1. The van der Waals surface area contributed by atoms with Crippen molar-refractivity contribution >= 4 is 22.9 Å². The lowest BCUT2D eigenvalue weighted by Crippen LogP contribution is -2.04. The normalized spacial score (nSPS) is 11.2. The van der Waals surface area contributed by atoms with E-state index < -0.39 is 0 Å². The average Bonchev–Trinajstić information content (AvgIpc) is 3.37. The Labute approximate surface area is 171 Å². The van der Waals surface area contributed by atoms with Gasteiger partial charge in [-0.05, 0) is 29.8 Å². The van der Waals surface area contributed by atoms with Crippen LogP contribution < -0.4 is 0 Å². The first kappa shape index (κ1) is 17.6. The number of hydrogen-bond donors (Lipinski definition) is 0. The molecule has 3 aromatic heterocycles. The van der Waals surface area contributed by atoms with Crippen molar-refractivity contribution in [3.63, 3.8) is 0 Å². The van der Waals surface area contributed by atoms with Crippen LogP contribution in [-0.4, -0.2) is 24.7 Å². The standard InChI is InChI=1S/C22H17N5OS/c1-2-7-16(8-3-1)14-27-21(17-9-6-12-23-13-17)25-26-22(27)29-15-20-24-18-10-4-5-11-19(18)28-20/h1-13H,14-15H2. The minimum absolute atomic E-state index is 0.578. The van der Waals surface area contributed by atoms with Crippen LogP contribution >= 0.6 is 11.8 Å². The van der Waals surface area contributed by atoms with E-state index in [0.29, 0.717) is 18.2 Å². The molecule has 3 heterocycles. The van der Waals surface area contributed by atoms with Crippen LogP contribution in [0.4, 0.5) is 0 Å². The van der Waals surface area contributed by atoms with E-state index in [1.807, 2.05) is 54.6 Å². The number of fused-ring (bicyclic) bond motifs is 1. The Kier molecular flexibility index (Phi) is 4.80. The lowest BCUT2D eigenvalue weighted by Gasteiger charge is -2.10. The number of rotatable bonds is 6.